The monoisotopic (exact) mass is 733 g/mol. The summed E-state index contributed by atoms with van der Waals surface area (Å²) < 4.78 is 0. The third-order valence-electron chi connectivity index (χ3n) is 11.9. The van der Waals surface area contributed by atoms with Crippen LogP contribution in [0.25, 0.3) is 16.7 Å². The Morgan fingerprint density at radius 2 is 1.58 bits per heavy atom. The van der Waals surface area contributed by atoms with Gasteiger partial charge in [0.15, 0.2) is 0 Å². The van der Waals surface area contributed by atoms with E-state index in [4.69, 9.17) is 0 Å². The van der Waals surface area contributed by atoms with Crippen LogP contribution in [0.2, 0.25) is 0 Å². The third kappa shape index (κ3) is 11.1. The Morgan fingerprint density at radius 1 is 0.855 bits per heavy atom. The van der Waals surface area contributed by atoms with Crippen molar-refractivity contribution in [1.82, 2.24) is 0 Å². The maximum atomic E-state index is 4.56. The number of allylic oxidation sites excluding steroid dienone is 19. The molecule has 0 bridgehead atoms. The smallest absolute Gasteiger partial charge is 0.00160 e. The summed E-state index contributed by atoms with van der Waals surface area (Å²) in [5.74, 6) is 0. The molecule has 0 heteroatoms. The van der Waals surface area contributed by atoms with Crippen molar-refractivity contribution in [3.8, 4) is 0 Å². The van der Waals surface area contributed by atoms with E-state index in [9.17, 15) is 0 Å². The van der Waals surface area contributed by atoms with Gasteiger partial charge in [-0.2, -0.15) is 0 Å². The van der Waals surface area contributed by atoms with Crippen molar-refractivity contribution in [2.45, 2.75) is 127 Å². The van der Waals surface area contributed by atoms with Crippen LogP contribution in [0.5, 0.6) is 0 Å². The van der Waals surface area contributed by atoms with Gasteiger partial charge in [-0.3, -0.25) is 0 Å². The van der Waals surface area contributed by atoms with E-state index in [-0.39, 0.29) is 10.8 Å². The Morgan fingerprint density at radius 3 is 2.13 bits per heavy atom. The average Bonchev–Trinajstić information content (AvgIpc) is 3.82. The Kier molecular flexibility index (Phi) is 16.7. The second-order valence-corrected chi connectivity index (χ2v) is 16.5. The summed E-state index contributed by atoms with van der Waals surface area (Å²) in [6.07, 6.45) is 34.2. The molecule has 0 nitrogen and oxygen atoms in total. The standard InChI is InChI=1S/C31H42.C24H30/c1-9-26(29(5,6)7)19-17-23(4)27-21-25(24-15-13-12-14-16-24)18-20-28(27)31(11-3)22-30(31,8)10-2;1-7-11-15-22(14-8-2)23(10-4)19(5)18-20(6)24-17-13-12-16-21(24)9-3/h9,13,15-21H,4,10-12,14,22H2,1-3,5-8H3;8,10-18H,2,6-7,9H2,1,3-5H3/b19-17-,26-9+;15-11-,19-18-,22-14+,23-10+. The first kappa shape index (κ1) is 45.0. The van der Waals surface area contributed by atoms with E-state index < -0.39 is 0 Å². The molecule has 2 aliphatic rings. The SMILES string of the molecule is C=C(/C=C\C(=C/C)C(C)(C)C)c1cc(C2=CCCC=C2)ccc1C1(CC)CC1(C)CC.C=C/C=C(\C=C/CC)C(=C/C)/C(C)=C\C(=C)c1ccccc1CC. The van der Waals surface area contributed by atoms with Crippen LogP contribution in [0.15, 0.2) is 157 Å². The molecule has 0 heterocycles. The van der Waals surface area contributed by atoms with E-state index in [0.29, 0.717) is 5.41 Å². The van der Waals surface area contributed by atoms with Gasteiger partial charge in [0.2, 0.25) is 0 Å². The lowest BCUT2D eigenvalue weighted by Gasteiger charge is -2.26. The summed E-state index contributed by atoms with van der Waals surface area (Å²) >= 11 is 0. The topological polar surface area (TPSA) is 0 Å². The Bertz CT molecular complexity index is 1930. The Balaban J connectivity index is 0.000000306. The zero-order valence-corrected chi connectivity index (χ0v) is 36.5. The molecule has 2 unspecified atom stereocenters. The van der Waals surface area contributed by atoms with Crippen LogP contribution in [0.4, 0.5) is 0 Å². The van der Waals surface area contributed by atoms with E-state index in [2.05, 4.69) is 205 Å². The summed E-state index contributed by atoms with van der Waals surface area (Å²) in [6.45, 7) is 37.4. The summed E-state index contributed by atoms with van der Waals surface area (Å²) in [5, 5.41) is 0. The fourth-order valence-corrected chi connectivity index (χ4v) is 8.33. The highest BCUT2D eigenvalue weighted by Gasteiger charge is 2.62. The van der Waals surface area contributed by atoms with Crippen LogP contribution in [-0.4, -0.2) is 0 Å². The zero-order chi connectivity index (χ0) is 40.8. The van der Waals surface area contributed by atoms with Crippen LogP contribution in [0, 0.1) is 10.8 Å². The van der Waals surface area contributed by atoms with Gasteiger partial charge in [0.1, 0.15) is 0 Å². The van der Waals surface area contributed by atoms with Gasteiger partial charge in [-0.1, -0.05) is 184 Å². The maximum absolute atomic E-state index is 4.56. The molecule has 0 aromatic heterocycles. The van der Waals surface area contributed by atoms with Crippen molar-refractivity contribution < 1.29 is 0 Å². The molecule has 0 saturated heterocycles. The molecule has 292 valence electrons. The number of benzene rings is 2. The highest BCUT2D eigenvalue weighted by molar-refractivity contribution is 5.82. The van der Waals surface area contributed by atoms with E-state index in [0.717, 1.165) is 36.8 Å². The van der Waals surface area contributed by atoms with Crippen molar-refractivity contribution in [3.63, 3.8) is 0 Å². The van der Waals surface area contributed by atoms with Crippen molar-refractivity contribution in [3.05, 3.63) is 185 Å². The molecule has 55 heavy (non-hydrogen) atoms. The van der Waals surface area contributed by atoms with Crippen LogP contribution in [-0.2, 0) is 11.8 Å². The fraction of sp³-hybridized carbons (Fsp3) is 0.382. The fourth-order valence-electron chi connectivity index (χ4n) is 8.33. The molecule has 2 atom stereocenters. The molecular formula is C55H72. The molecule has 4 rings (SSSR count). The number of hydrogen-bond acceptors (Lipinski definition) is 0. The molecule has 2 aromatic rings. The van der Waals surface area contributed by atoms with Crippen molar-refractivity contribution >= 4 is 16.7 Å². The third-order valence-corrected chi connectivity index (χ3v) is 11.9. The summed E-state index contributed by atoms with van der Waals surface area (Å²) in [5.41, 5.74) is 16.0. The summed E-state index contributed by atoms with van der Waals surface area (Å²) in [7, 11) is 0. The highest BCUT2D eigenvalue weighted by Crippen LogP contribution is 2.69. The number of hydrogen-bond donors (Lipinski definition) is 0. The average molecular weight is 733 g/mol. The van der Waals surface area contributed by atoms with Gasteiger partial charge >= 0.3 is 0 Å². The van der Waals surface area contributed by atoms with Crippen LogP contribution in [0.1, 0.15) is 143 Å². The Hall–Kier alpha value is -4.42. The first-order chi connectivity index (χ1) is 26.2. The van der Waals surface area contributed by atoms with Gasteiger partial charge in [-0.15, -0.1) is 0 Å². The molecular weight excluding hydrogens is 661 g/mol. The first-order valence-corrected chi connectivity index (χ1v) is 20.9. The van der Waals surface area contributed by atoms with Gasteiger partial charge < -0.3 is 0 Å². The van der Waals surface area contributed by atoms with Gasteiger partial charge in [0.05, 0.1) is 0 Å². The summed E-state index contributed by atoms with van der Waals surface area (Å²) in [6, 6.07) is 15.6. The molecule has 0 aliphatic heterocycles. The highest BCUT2D eigenvalue weighted by atomic mass is 14.7. The molecule has 2 aromatic carbocycles. The second kappa shape index (κ2) is 20.5. The minimum Gasteiger partial charge on any atom is -0.0990 e. The van der Waals surface area contributed by atoms with E-state index >= 15 is 0 Å². The van der Waals surface area contributed by atoms with Crippen LogP contribution in [0.3, 0.4) is 0 Å². The molecule has 0 N–H and O–H groups in total. The van der Waals surface area contributed by atoms with Crippen molar-refractivity contribution in [2.24, 2.45) is 10.8 Å². The van der Waals surface area contributed by atoms with Crippen molar-refractivity contribution in [1.29, 1.82) is 0 Å². The van der Waals surface area contributed by atoms with Crippen molar-refractivity contribution in [2.75, 3.05) is 0 Å². The first-order valence-electron chi connectivity index (χ1n) is 20.9. The molecule has 1 fully saturated rings. The van der Waals surface area contributed by atoms with Gasteiger partial charge in [0, 0.05) is 5.41 Å². The molecule has 2 aliphatic carbocycles. The minimum atomic E-state index is 0.135. The minimum absolute atomic E-state index is 0.135. The predicted octanol–water partition coefficient (Wildman–Crippen LogP) is 16.7. The zero-order valence-electron chi connectivity index (χ0n) is 36.5. The van der Waals surface area contributed by atoms with Gasteiger partial charge in [-0.25, -0.2) is 0 Å². The molecule has 0 spiro atoms. The molecule has 0 radical (unpaired) electrons. The lowest BCUT2D eigenvalue weighted by molar-refractivity contribution is 0.429. The van der Waals surface area contributed by atoms with Crippen LogP contribution < -0.4 is 0 Å². The second-order valence-electron chi connectivity index (χ2n) is 16.5. The Labute approximate surface area is 338 Å². The lowest BCUT2D eigenvalue weighted by atomic mass is 9.78. The predicted molar refractivity (Wildman–Crippen MR) is 249 cm³/mol. The van der Waals surface area contributed by atoms with E-state index in [1.54, 1.807) is 0 Å². The summed E-state index contributed by atoms with van der Waals surface area (Å²) in [4.78, 5) is 0. The molecule has 1 saturated carbocycles. The maximum Gasteiger partial charge on any atom is 0.00160 e. The number of rotatable bonds is 15. The van der Waals surface area contributed by atoms with Gasteiger partial charge in [0.25, 0.3) is 0 Å². The van der Waals surface area contributed by atoms with E-state index in [1.807, 2.05) is 6.08 Å². The lowest BCUT2D eigenvalue weighted by Crippen LogP contribution is -2.17. The quantitative estimate of drug-likeness (QED) is 0.160. The van der Waals surface area contributed by atoms with E-state index in [1.165, 1.54) is 74.9 Å². The number of aryl methyl sites for hydroxylation is 1. The largest absolute Gasteiger partial charge is 0.0990 e. The van der Waals surface area contributed by atoms with Gasteiger partial charge in [-0.05, 0) is 149 Å². The van der Waals surface area contributed by atoms with Crippen LogP contribution >= 0.6 is 0 Å². The molecule has 0 amide bonds. The normalized spacial score (nSPS) is 20.7.